The Hall–Kier alpha value is -1.84. The number of carbonyl (C=O) groups excluding carboxylic acids is 1. The van der Waals surface area contributed by atoms with E-state index in [1.807, 2.05) is 22.4 Å². The van der Waals surface area contributed by atoms with E-state index >= 15 is 0 Å². The quantitative estimate of drug-likeness (QED) is 0.809. The molecule has 4 heterocycles. The van der Waals surface area contributed by atoms with Crippen LogP contribution in [0.15, 0.2) is 17.5 Å². The van der Waals surface area contributed by atoms with Crippen LogP contribution in [0, 0.1) is 0 Å². The molecule has 8 nitrogen and oxygen atoms in total. The number of rotatable bonds is 4. The first-order valence-electron chi connectivity index (χ1n) is 8.24. The van der Waals surface area contributed by atoms with Gasteiger partial charge in [0.1, 0.15) is 12.8 Å². The molecule has 0 unspecified atom stereocenters. The molecule has 0 bridgehead atoms. The Morgan fingerprint density at radius 3 is 2.92 bits per heavy atom. The van der Waals surface area contributed by atoms with E-state index in [0.29, 0.717) is 19.1 Å². The predicted molar refractivity (Wildman–Crippen MR) is 88.3 cm³/mol. The number of amides is 1. The molecule has 2 aliphatic heterocycles. The summed E-state index contributed by atoms with van der Waals surface area (Å²) in [6.07, 6.45) is 1.62. The van der Waals surface area contributed by atoms with Crippen molar-refractivity contribution in [2.24, 2.45) is 0 Å². The fourth-order valence-corrected chi connectivity index (χ4v) is 3.72. The lowest BCUT2D eigenvalue weighted by Crippen LogP contribution is -2.51. The van der Waals surface area contributed by atoms with Gasteiger partial charge in [0, 0.05) is 32.8 Å². The van der Waals surface area contributed by atoms with Gasteiger partial charge in [0.25, 0.3) is 5.91 Å². The Bertz CT molecular complexity index is 674. The number of aromatic nitrogens is 4. The van der Waals surface area contributed by atoms with Crippen LogP contribution in [-0.2, 0) is 16.2 Å². The van der Waals surface area contributed by atoms with E-state index in [0.717, 1.165) is 43.9 Å². The molecule has 9 heteroatoms. The van der Waals surface area contributed by atoms with Gasteiger partial charge >= 0.3 is 0 Å². The van der Waals surface area contributed by atoms with Crippen LogP contribution in [0.1, 0.15) is 12.8 Å². The van der Waals surface area contributed by atoms with E-state index in [1.165, 1.54) is 0 Å². The molecule has 1 amide bonds. The van der Waals surface area contributed by atoms with Gasteiger partial charge in [0.05, 0.1) is 4.88 Å². The zero-order chi connectivity index (χ0) is 16.4. The lowest BCUT2D eigenvalue weighted by Gasteiger charge is -2.35. The highest BCUT2D eigenvalue weighted by molar-refractivity contribution is 7.13. The zero-order valence-electron chi connectivity index (χ0n) is 13.4. The molecule has 24 heavy (non-hydrogen) atoms. The minimum Gasteiger partial charge on any atom is -0.368 e. The smallest absolute Gasteiger partial charge is 0.251 e. The maximum absolute atomic E-state index is 12.3. The van der Waals surface area contributed by atoms with Crippen molar-refractivity contribution in [1.29, 1.82) is 0 Å². The van der Waals surface area contributed by atoms with Crippen molar-refractivity contribution >= 4 is 17.2 Å². The molecular weight excluding hydrogens is 328 g/mol. The summed E-state index contributed by atoms with van der Waals surface area (Å²) in [5.74, 6) is 0.809. The van der Waals surface area contributed by atoms with Gasteiger partial charge in [-0.3, -0.25) is 9.69 Å². The van der Waals surface area contributed by atoms with Crippen LogP contribution in [0.25, 0.3) is 10.7 Å². The molecule has 2 aromatic heterocycles. The number of hydrogen-bond donors (Lipinski definition) is 0. The maximum atomic E-state index is 12.3. The molecule has 0 aromatic carbocycles. The van der Waals surface area contributed by atoms with Gasteiger partial charge in [-0.05, 0) is 29.5 Å². The van der Waals surface area contributed by atoms with Crippen molar-refractivity contribution in [2.45, 2.75) is 25.6 Å². The molecule has 1 atom stereocenters. The van der Waals surface area contributed by atoms with Crippen molar-refractivity contribution in [3.63, 3.8) is 0 Å². The van der Waals surface area contributed by atoms with Crippen LogP contribution in [0.3, 0.4) is 0 Å². The number of carbonyl (C=O) groups is 1. The van der Waals surface area contributed by atoms with E-state index in [9.17, 15) is 4.79 Å². The highest BCUT2D eigenvalue weighted by Gasteiger charge is 2.30. The first-order valence-corrected chi connectivity index (χ1v) is 9.12. The highest BCUT2D eigenvalue weighted by atomic mass is 32.1. The third kappa shape index (κ3) is 3.33. The second-order valence-electron chi connectivity index (χ2n) is 6.05. The Morgan fingerprint density at radius 1 is 1.33 bits per heavy atom. The summed E-state index contributed by atoms with van der Waals surface area (Å²) in [7, 11) is 0. The average Bonchev–Trinajstić information content (AvgIpc) is 3.36. The number of hydrogen-bond acceptors (Lipinski definition) is 7. The van der Waals surface area contributed by atoms with E-state index < -0.39 is 0 Å². The second kappa shape index (κ2) is 6.96. The molecule has 0 spiro atoms. The SMILES string of the molecule is O=C([C@@H]1CCCO1)N1CCN(Cn2nnc(-c3cccs3)n2)CC1. The molecule has 0 saturated carbocycles. The van der Waals surface area contributed by atoms with Gasteiger partial charge in [-0.2, -0.15) is 0 Å². The molecule has 2 aromatic rings. The van der Waals surface area contributed by atoms with Crippen LogP contribution >= 0.6 is 11.3 Å². The predicted octanol–water partition coefficient (Wildman–Crippen LogP) is 0.682. The standard InChI is InChI=1S/C15H20N6O2S/c22-15(12-3-1-9-23-12)20-7-5-19(6-8-20)11-21-17-14(16-18-21)13-4-2-10-24-13/h2,4,10,12H,1,3,5-9,11H2/t12-/m0/s1. The summed E-state index contributed by atoms with van der Waals surface area (Å²) in [5.41, 5.74) is 0. The first-order chi connectivity index (χ1) is 11.8. The van der Waals surface area contributed by atoms with Crippen molar-refractivity contribution in [2.75, 3.05) is 32.8 Å². The van der Waals surface area contributed by atoms with Gasteiger partial charge in [-0.15, -0.1) is 26.3 Å². The van der Waals surface area contributed by atoms with Crippen molar-refractivity contribution < 1.29 is 9.53 Å². The third-order valence-corrected chi connectivity index (χ3v) is 5.28. The summed E-state index contributed by atoms with van der Waals surface area (Å²) in [6.45, 7) is 4.39. The van der Waals surface area contributed by atoms with E-state index in [4.69, 9.17) is 4.74 Å². The molecule has 4 rings (SSSR count). The summed E-state index contributed by atoms with van der Waals surface area (Å²) in [6, 6.07) is 3.96. The average molecular weight is 348 g/mol. The number of piperazine rings is 1. The van der Waals surface area contributed by atoms with E-state index in [1.54, 1.807) is 16.1 Å². The van der Waals surface area contributed by atoms with Crippen molar-refractivity contribution in [1.82, 2.24) is 30.0 Å². The Morgan fingerprint density at radius 2 is 2.21 bits per heavy atom. The highest BCUT2D eigenvalue weighted by Crippen LogP contribution is 2.19. The summed E-state index contributed by atoms with van der Waals surface area (Å²) in [5, 5.41) is 14.7. The normalized spacial score (nSPS) is 22.2. The van der Waals surface area contributed by atoms with Gasteiger partial charge in [-0.1, -0.05) is 6.07 Å². The largest absolute Gasteiger partial charge is 0.368 e. The second-order valence-corrected chi connectivity index (χ2v) is 7.00. The van der Waals surface area contributed by atoms with Crippen LogP contribution in [0.5, 0.6) is 0 Å². The number of tetrazole rings is 1. The minimum absolute atomic E-state index is 0.144. The number of thiophene rings is 1. The topological polar surface area (TPSA) is 76.4 Å². The fraction of sp³-hybridized carbons (Fsp3) is 0.600. The Labute approximate surface area is 144 Å². The lowest BCUT2D eigenvalue weighted by atomic mass is 10.2. The molecule has 2 fully saturated rings. The minimum atomic E-state index is -0.220. The maximum Gasteiger partial charge on any atom is 0.251 e. The van der Waals surface area contributed by atoms with Crippen LogP contribution in [-0.4, -0.2) is 74.8 Å². The Balaban J connectivity index is 1.29. The summed E-state index contributed by atoms with van der Waals surface area (Å²) in [4.78, 5) is 19.1. The third-order valence-electron chi connectivity index (χ3n) is 4.41. The molecule has 2 aliphatic rings. The first kappa shape index (κ1) is 15.7. The van der Waals surface area contributed by atoms with Gasteiger partial charge in [0.15, 0.2) is 0 Å². The molecule has 0 N–H and O–H groups in total. The molecule has 2 saturated heterocycles. The Kier molecular flexibility index (Phi) is 4.54. The fourth-order valence-electron chi connectivity index (χ4n) is 3.07. The lowest BCUT2D eigenvalue weighted by molar-refractivity contribution is -0.143. The van der Waals surface area contributed by atoms with Crippen LogP contribution in [0.2, 0.25) is 0 Å². The zero-order valence-corrected chi connectivity index (χ0v) is 14.2. The number of nitrogens with zero attached hydrogens (tertiary/aromatic N) is 6. The molecule has 0 radical (unpaired) electrons. The van der Waals surface area contributed by atoms with Crippen molar-refractivity contribution in [3.05, 3.63) is 17.5 Å². The van der Waals surface area contributed by atoms with E-state index in [2.05, 4.69) is 20.3 Å². The van der Waals surface area contributed by atoms with Gasteiger partial charge in [-0.25, -0.2) is 0 Å². The van der Waals surface area contributed by atoms with Gasteiger partial charge < -0.3 is 9.64 Å². The van der Waals surface area contributed by atoms with Crippen LogP contribution < -0.4 is 0 Å². The number of ether oxygens (including phenoxy) is 1. The molecular formula is C15H20N6O2S. The van der Waals surface area contributed by atoms with Gasteiger partial charge in [0.2, 0.25) is 5.82 Å². The molecule has 0 aliphatic carbocycles. The summed E-state index contributed by atoms with van der Waals surface area (Å²) >= 11 is 1.60. The summed E-state index contributed by atoms with van der Waals surface area (Å²) < 4.78 is 5.49. The monoisotopic (exact) mass is 348 g/mol. The van der Waals surface area contributed by atoms with Crippen LogP contribution in [0.4, 0.5) is 0 Å². The van der Waals surface area contributed by atoms with E-state index in [-0.39, 0.29) is 12.0 Å². The van der Waals surface area contributed by atoms with Crippen molar-refractivity contribution in [3.8, 4) is 10.7 Å². The molecule has 128 valence electrons.